The molecule has 1 heterocycles. The molecule has 3 heteroatoms. The summed E-state index contributed by atoms with van der Waals surface area (Å²) in [6.07, 6.45) is 1.03. The molecule has 0 saturated carbocycles. The maximum absolute atomic E-state index is 5.58. The second kappa shape index (κ2) is 4.38. The Labute approximate surface area is 84.7 Å². The van der Waals surface area contributed by atoms with Crippen molar-refractivity contribution in [2.45, 2.75) is 13.3 Å². The van der Waals surface area contributed by atoms with Crippen LogP contribution in [-0.2, 0) is 6.42 Å². The normalized spacial score (nSPS) is 13.3. The topological polar surface area (TPSA) is 21.3 Å². The number of rotatable bonds is 1. The maximum atomic E-state index is 5.58. The smallest absolute Gasteiger partial charge is 0.145 e. The zero-order valence-electron chi connectivity index (χ0n) is 7.67. The molecule has 0 saturated heterocycles. The highest BCUT2D eigenvalue weighted by Gasteiger charge is 2.11. The highest BCUT2D eigenvalue weighted by atomic mass is 35.5. The number of fused-ring (bicyclic) bond motifs is 1. The SMILES string of the molecule is CCc1cccc2c1OCCN2.Cl. The van der Waals surface area contributed by atoms with Crippen LogP contribution in [0.5, 0.6) is 5.75 Å². The molecule has 0 bridgehead atoms. The Morgan fingerprint density at radius 1 is 1.46 bits per heavy atom. The van der Waals surface area contributed by atoms with Gasteiger partial charge in [-0.15, -0.1) is 12.4 Å². The van der Waals surface area contributed by atoms with Crippen LogP contribution in [0.15, 0.2) is 18.2 Å². The molecule has 1 aliphatic rings. The number of para-hydroxylation sites is 1. The number of anilines is 1. The van der Waals surface area contributed by atoms with Crippen molar-refractivity contribution in [1.29, 1.82) is 0 Å². The van der Waals surface area contributed by atoms with E-state index >= 15 is 0 Å². The quantitative estimate of drug-likeness (QED) is 0.751. The van der Waals surface area contributed by atoms with Gasteiger partial charge in [0.1, 0.15) is 12.4 Å². The summed E-state index contributed by atoms with van der Waals surface area (Å²) in [5.41, 5.74) is 2.43. The maximum Gasteiger partial charge on any atom is 0.145 e. The van der Waals surface area contributed by atoms with Crippen LogP contribution in [0.4, 0.5) is 5.69 Å². The Morgan fingerprint density at radius 2 is 2.31 bits per heavy atom. The Hall–Kier alpha value is -0.890. The van der Waals surface area contributed by atoms with Gasteiger partial charge in [0.15, 0.2) is 0 Å². The lowest BCUT2D eigenvalue weighted by molar-refractivity contribution is 0.320. The van der Waals surface area contributed by atoms with Gasteiger partial charge in [0.25, 0.3) is 0 Å². The van der Waals surface area contributed by atoms with Gasteiger partial charge < -0.3 is 10.1 Å². The predicted octanol–water partition coefficient (Wildman–Crippen LogP) is 2.48. The van der Waals surface area contributed by atoms with Crippen LogP contribution in [-0.4, -0.2) is 13.2 Å². The molecule has 1 aromatic rings. The Balaban J connectivity index is 0.000000845. The fourth-order valence-electron chi connectivity index (χ4n) is 1.51. The summed E-state index contributed by atoms with van der Waals surface area (Å²) < 4.78 is 5.58. The second-order valence-corrected chi connectivity index (χ2v) is 2.92. The largest absolute Gasteiger partial charge is 0.489 e. The summed E-state index contributed by atoms with van der Waals surface area (Å²) in [5, 5.41) is 3.31. The number of ether oxygens (including phenoxy) is 1. The van der Waals surface area contributed by atoms with Gasteiger partial charge in [-0.3, -0.25) is 0 Å². The highest BCUT2D eigenvalue weighted by Crippen LogP contribution is 2.31. The molecule has 2 nitrogen and oxygen atoms in total. The average Bonchev–Trinajstić information content (AvgIpc) is 2.17. The monoisotopic (exact) mass is 199 g/mol. The van der Waals surface area contributed by atoms with Crippen molar-refractivity contribution < 1.29 is 4.74 Å². The lowest BCUT2D eigenvalue weighted by Gasteiger charge is -2.21. The van der Waals surface area contributed by atoms with Crippen molar-refractivity contribution in [2.24, 2.45) is 0 Å². The van der Waals surface area contributed by atoms with E-state index in [0.29, 0.717) is 0 Å². The molecule has 0 fully saturated rings. The molecule has 0 radical (unpaired) electrons. The van der Waals surface area contributed by atoms with Gasteiger partial charge >= 0.3 is 0 Å². The van der Waals surface area contributed by atoms with E-state index in [4.69, 9.17) is 4.74 Å². The number of hydrogen-bond acceptors (Lipinski definition) is 2. The fraction of sp³-hybridized carbons (Fsp3) is 0.400. The Kier molecular flexibility index (Phi) is 3.43. The van der Waals surface area contributed by atoms with Crippen molar-refractivity contribution in [3.05, 3.63) is 23.8 Å². The fourth-order valence-corrected chi connectivity index (χ4v) is 1.51. The summed E-state index contributed by atoms with van der Waals surface area (Å²) in [7, 11) is 0. The number of hydrogen-bond donors (Lipinski definition) is 1. The van der Waals surface area contributed by atoms with E-state index in [1.807, 2.05) is 0 Å². The first-order chi connectivity index (χ1) is 5.92. The van der Waals surface area contributed by atoms with E-state index in [1.54, 1.807) is 0 Å². The number of halogens is 1. The molecular weight excluding hydrogens is 186 g/mol. The minimum Gasteiger partial charge on any atom is -0.489 e. The average molecular weight is 200 g/mol. The zero-order valence-corrected chi connectivity index (χ0v) is 8.49. The van der Waals surface area contributed by atoms with Crippen molar-refractivity contribution in [1.82, 2.24) is 0 Å². The molecule has 0 unspecified atom stereocenters. The van der Waals surface area contributed by atoms with Crippen LogP contribution >= 0.6 is 12.4 Å². The first-order valence-corrected chi connectivity index (χ1v) is 4.40. The van der Waals surface area contributed by atoms with E-state index in [0.717, 1.165) is 31.0 Å². The van der Waals surface area contributed by atoms with Crippen LogP contribution in [0.1, 0.15) is 12.5 Å². The molecule has 2 rings (SSSR count). The zero-order chi connectivity index (χ0) is 8.39. The molecule has 1 N–H and O–H groups in total. The third-order valence-corrected chi connectivity index (χ3v) is 2.14. The lowest BCUT2D eigenvalue weighted by atomic mass is 10.1. The minimum atomic E-state index is 0. The minimum absolute atomic E-state index is 0. The number of benzene rings is 1. The van der Waals surface area contributed by atoms with Crippen LogP contribution in [0.2, 0.25) is 0 Å². The van der Waals surface area contributed by atoms with Crippen LogP contribution in [0.25, 0.3) is 0 Å². The van der Waals surface area contributed by atoms with Gasteiger partial charge in [-0.05, 0) is 18.1 Å². The van der Waals surface area contributed by atoms with E-state index in [9.17, 15) is 0 Å². The molecule has 0 spiro atoms. The number of aryl methyl sites for hydroxylation is 1. The predicted molar refractivity (Wildman–Crippen MR) is 57.1 cm³/mol. The summed E-state index contributed by atoms with van der Waals surface area (Å²) in [5.74, 6) is 1.05. The van der Waals surface area contributed by atoms with Crippen LogP contribution in [0.3, 0.4) is 0 Å². The molecule has 1 aliphatic heterocycles. The summed E-state index contributed by atoms with van der Waals surface area (Å²) in [6, 6.07) is 6.25. The standard InChI is InChI=1S/C10H13NO.ClH/c1-2-8-4-3-5-9-10(8)12-7-6-11-9;/h3-5,11H,2,6-7H2,1H3;1H. The second-order valence-electron chi connectivity index (χ2n) is 2.92. The molecule has 0 aromatic heterocycles. The van der Waals surface area contributed by atoms with Gasteiger partial charge in [-0.1, -0.05) is 19.1 Å². The highest BCUT2D eigenvalue weighted by molar-refractivity contribution is 5.85. The van der Waals surface area contributed by atoms with Gasteiger partial charge in [0, 0.05) is 6.54 Å². The molecule has 0 amide bonds. The van der Waals surface area contributed by atoms with Crippen molar-refractivity contribution in [3.8, 4) is 5.75 Å². The third-order valence-electron chi connectivity index (χ3n) is 2.14. The molecule has 13 heavy (non-hydrogen) atoms. The van der Waals surface area contributed by atoms with Crippen molar-refractivity contribution >= 4 is 18.1 Å². The van der Waals surface area contributed by atoms with Crippen LogP contribution < -0.4 is 10.1 Å². The first kappa shape index (κ1) is 10.2. The summed E-state index contributed by atoms with van der Waals surface area (Å²) in [4.78, 5) is 0. The molecule has 0 aliphatic carbocycles. The molecule has 1 aromatic carbocycles. The van der Waals surface area contributed by atoms with Gasteiger partial charge in [-0.2, -0.15) is 0 Å². The van der Waals surface area contributed by atoms with Gasteiger partial charge in [0.05, 0.1) is 5.69 Å². The van der Waals surface area contributed by atoms with Crippen molar-refractivity contribution in [3.63, 3.8) is 0 Å². The van der Waals surface area contributed by atoms with Crippen LogP contribution in [0, 0.1) is 0 Å². The van der Waals surface area contributed by atoms with Gasteiger partial charge in [0.2, 0.25) is 0 Å². The first-order valence-electron chi connectivity index (χ1n) is 4.40. The molecular formula is C10H14ClNO. The summed E-state index contributed by atoms with van der Waals surface area (Å²) in [6.45, 7) is 3.84. The third kappa shape index (κ3) is 1.89. The van der Waals surface area contributed by atoms with Gasteiger partial charge in [-0.25, -0.2) is 0 Å². The van der Waals surface area contributed by atoms with Crippen molar-refractivity contribution in [2.75, 3.05) is 18.5 Å². The van der Waals surface area contributed by atoms with E-state index in [2.05, 4.69) is 30.4 Å². The number of nitrogens with one attached hydrogen (secondary N) is 1. The van der Waals surface area contributed by atoms with E-state index in [1.165, 1.54) is 5.56 Å². The van der Waals surface area contributed by atoms with E-state index < -0.39 is 0 Å². The molecule has 0 atom stereocenters. The molecule has 72 valence electrons. The summed E-state index contributed by atoms with van der Waals surface area (Å²) >= 11 is 0. The Bertz CT molecular complexity index is 274. The lowest BCUT2D eigenvalue weighted by Crippen LogP contribution is -2.18. The Morgan fingerprint density at radius 3 is 3.08 bits per heavy atom. The van der Waals surface area contributed by atoms with E-state index in [-0.39, 0.29) is 12.4 Å².